The molecule has 0 N–H and O–H groups in total. The van der Waals surface area contributed by atoms with E-state index in [2.05, 4.69) is 0 Å². The number of nitro benzene ring substituents is 1. The molecule has 1 fully saturated rings. The van der Waals surface area contributed by atoms with Crippen molar-refractivity contribution in [3.63, 3.8) is 0 Å². The van der Waals surface area contributed by atoms with Crippen molar-refractivity contribution in [2.24, 2.45) is 0 Å². The van der Waals surface area contributed by atoms with Crippen LogP contribution in [0.25, 0.3) is 0 Å². The third-order valence-electron chi connectivity index (χ3n) is 4.25. The standard InChI is InChI=1S/C20H23NO12/c1-10(22)28-9-16-17(29-11(2)23)18(30-12(3)24)19(31-13(4)25)20(33-16)32-15-7-5-14(6-8-15)21(26)27/h5-8,16-20H,9H2,1-4H3/t16-,17-,18+,19+,20+/m1/s1. The summed E-state index contributed by atoms with van der Waals surface area (Å²) in [7, 11) is 0. The summed E-state index contributed by atoms with van der Waals surface area (Å²) in [4.78, 5) is 56.8. The van der Waals surface area contributed by atoms with Crippen molar-refractivity contribution in [1.82, 2.24) is 0 Å². The Morgan fingerprint density at radius 3 is 1.85 bits per heavy atom. The molecule has 0 saturated carbocycles. The lowest BCUT2D eigenvalue weighted by molar-refractivity contribution is -0.384. The van der Waals surface area contributed by atoms with Gasteiger partial charge in [-0.25, -0.2) is 0 Å². The molecule has 13 heteroatoms. The lowest BCUT2D eigenvalue weighted by Crippen LogP contribution is -2.63. The molecule has 1 aliphatic heterocycles. The third-order valence-corrected chi connectivity index (χ3v) is 4.25. The molecule has 180 valence electrons. The van der Waals surface area contributed by atoms with Crippen molar-refractivity contribution >= 4 is 29.6 Å². The van der Waals surface area contributed by atoms with E-state index < -0.39 is 66.1 Å². The topological polar surface area (TPSA) is 167 Å². The number of ether oxygens (including phenoxy) is 6. The fourth-order valence-corrected chi connectivity index (χ4v) is 3.06. The van der Waals surface area contributed by atoms with Gasteiger partial charge in [0.1, 0.15) is 18.5 Å². The van der Waals surface area contributed by atoms with E-state index in [-0.39, 0.29) is 11.4 Å². The Balaban J connectivity index is 2.43. The average Bonchev–Trinajstić information content (AvgIpc) is 2.70. The highest BCUT2D eigenvalue weighted by molar-refractivity contribution is 5.68. The van der Waals surface area contributed by atoms with Gasteiger partial charge in [0, 0.05) is 39.8 Å². The van der Waals surface area contributed by atoms with E-state index in [1.165, 1.54) is 24.3 Å². The first kappa shape index (κ1) is 25.5. The van der Waals surface area contributed by atoms with E-state index in [1.54, 1.807) is 0 Å². The number of non-ortho nitro benzene ring substituents is 1. The van der Waals surface area contributed by atoms with Crippen LogP contribution in [-0.2, 0) is 42.9 Å². The molecule has 2 rings (SSSR count). The highest BCUT2D eigenvalue weighted by atomic mass is 16.7. The Morgan fingerprint density at radius 1 is 0.848 bits per heavy atom. The SMILES string of the molecule is CC(=O)OC[C@H]1O[C@H](Oc2ccc([N+](=O)[O-])cc2)[C@@H](OC(C)=O)[C@@H](OC(C)=O)[C@@H]1OC(C)=O. The Morgan fingerprint density at radius 2 is 1.36 bits per heavy atom. The first-order chi connectivity index (χ1) is 15.5. The van der Waals surface area contributed by atoms with Crippen molar-refractivity contribution in [3.05, 3.63) is 34.4 Å². The first-order valence-electron chi connectivity index (χ1n) is 9.69. The predicted molar refractivity (Wildman–Crippen MR) is 106 cm³/mol. The van der Waals surface area contributed by atoms with Crippen LogP contribution in [0.1, 0.15) is 27.7 Å². The number of carbonyl (C=O) groups excluding carboxylic acids is 4. The number of nitro groups is 1. The van der Waals surface area contributed by atoms with Crippen LogP contribution in [0.3, 0.4) is 0 Å². The number of nitrogens with zero attached hydrogens (tertiary/aromatic N) is 1. The van der Waals surface area contributed by atoms with Gasteiger partial charge < -0.3 is 28.4 Å². The van der Waals surface area contributed by atoms with Crippen LogP contribution in [0.2, 0.25) is 0 Å². The molecule has 0 bridgehead atoms. The molecular weight excluding hydrogens is 446 g/mol. The number of carbonyl (C=O) groups is 4. The van der Waals surface area contributed by atoms with Crippen LogP contribution in [0.5, 0.6) is 5.75 Å². The van der Waals surface area contributed by atoms with Gasteiger partial charge in [0.05, 0.1) is 4.92 Å². The summed E-state index contributed by atoms with van der Waals surface area (Å²) >= 11 is 0. The summed E-state index contributed by atoms with van der Waals surface area (Å²) in [5.74, 6) is -2.87. The maximum absolute atomic E-state index is 11.8. The van der Waals surface area contributed by atoms with E-state index in [4.69, 9.17) is 28.4 Å². The number of benzene rings is 1. The number of hydrogen-bond acceptors (Lipinski definition) is 12. The minimum absolute atomic E-state index is 0.0986. The van der Waals surface area contributed by atoms with Gasteiger partial charge in [-0.05, 0) is 12.1 Å². The van der Waals surface area contributed by atoms with Crippen LogP contribution in [0.15, 0.2) is 24.3 Å². The maximum Gasteiger partial charge on any atom is 0.303 e. The number of rotatable bonds is 8. The van der Waals surface area contributed by atoms with Crippen LogP contribution >= 0.6 is 0 Å². The number of esters is 4. The van der Waals surface area contributed by atoms with E-state index >= 15 is 0 Å². The second-order valence-corrected chi connectivity index (χ2v) is 6.94. The van der Waals surface area contributed by atoms with Gasteiger partial charge in [-0.3, -0.25) is 29.3 Å². The normalized spacial score (nSPS) is 24.2. The van der Waals surface area contributed by atoms with Crippen molar-refractivity contribution in [3.8, 4) is 5.75 Å². The second kappa shape index (κ2) is 11.2. The lowest BCUT2D eigenvalue weighted by atomic mass is 9.98. The molecule has 0 spiro atoms. The Kier molecular flexibility index (Phi) is 8.68. The van der Waals surface area contributed by atoms with Gasteiger partial charge in [0.15, 0.2) is 12.2 Å². The summed E-state index contributed by atoms with van der Waals surface area (Å²) in [6, 6.07) is 4.93. The minimum Gasteiger partial charge on any atom is -0.463 e. The third kappa shape index (κ3) is 7.42. The monoisotopic (exact) mass is 469 g/mol. The van der Waals surface area contributed by atoms with Crippen molar-refractivity contribution in [1.29, 1.82) is 0 Å². The second-order valence-electron chi connectivity index (χ2n) is 6.94. The van der Waals surface area contributed by atoms with Crippen LogP contribution in [0, 0.1) is 10.1 Å². The molecule has 1 aromatic rings. The summed E-state index contributed by atoms with van der Waals surface area (Å²) < 4.78 is 32.3. The molecule has 1 saturated heterocycles. The average molecular weight is 469 g/mol. The van der Waals surface area contributed by atoms with Gasteiger partial charge >= 0.3 is 23.9 Å². The molecule has 0 aromatic heterocycles. The van der Waals surface area contributed by atoms with Gasteiger partial charge in [-0.15, -0.1) is 0 Å². The first-order valence-corrected chi connectivity index (χ1v) is 9.69. The quantitative estimate of drug-likeness (QED) is 0.230. The number of hydrogen-bond donors (Lipinski definition) is 0. The zero-order valence-electron chi connectivity index (χ0n) is 18.2. The molecule has 1 heterocycles. The van der Waals surface area contributed by atoms with E-state index in [0.717, 1.165) is 27.7 Å². The molecule has 13 nitrogen and oxygen atoms in total. The zero-order valence-corrected chi connectivity index (χ0v) is 18.2. The molecule has 1 aliphatic rings. The van der Waals surface area contributed by atoms with Crippen LogP contribution in [-0.4, -0.2) is 66.1 Å². The Hall–Kier alpha value is -3.74. The lowest BCUT2D eigenvalue weighted by Gasteiger charge is -2.43. The summed E-state index contributed by atoms with van der Waals surface area (Å²) in [5, 5.41) is 10.9. The molecule has 0 aliphatic carbocycles. The summed E-state index contributed by atoms with van der Waals surface area (Å²) in [5.41, 5.74) is -0.191. The van der Waals surface area contributed by atoms with E-state index in [0.29, 0.717) is 0 Å². The van der Waals surface area contributed by atoms with Crippen molar-refractivity contribution in [2.45, 2.75) is 58.4 Å². The van der Waals surface area contributed by atoms with Gasteiger partial charge in [-0.1, -0.05) is 0 Å². The van der Waals surface area contributed by atoms with Crippen molar-refractivity contribution in [2.75, 3.05) is 6.61 Å². The molecular formula is C20H23NO12. The molecule has 0 amide bonds. The van der Waals surface area contributed by atoms with Crippen molar-refractivity contribution < 1.29 is 52.5 Å². The smallest absolute Gasteiger partial charge is 0.303 e. The van der Waals surface area contributed by atoms with Gasteiger partial charge in [-0.2, -0.15) is 0 Å². The summed E-state index contributed by atoms with van der Waals surface area (Å²) in [6.07, 6.45) is -6.69. The fraction of sp³-hybridized carbons (Fsp3) is 0.500. The van der Waals surface area contributed by atoms with Gasteiger partial charge in [0.25, 0.3) is 5.69 Å². The van der Waals surface area contributed by atoms with E-state index in [9.17, 15) is 29.3 Å². The van der Waals surface area contributed by atoms with Crippen LogP contribution in [0.4, 0.5) is 5.69 Å². The highest BCUT2D eigenvalue weighted by Gasteiger charge is 2.53. The zero-order chi connectivity index (χ0) is 24.7. The predicted octanol–water partition coefficient (Wildman–Crippen LogP) is 1.06. The van der Waals surface area contributed by atoms with Crippen LogP contribution < -0.4 is 4.74 Å². The Bertz CT molecular complexity index is 899. The molecule has 0 radical (unpaired) electrons. The molecule has 5 atom stereocenters. The molecule has 1 aromatic carbocycles. The molecule has 0 unspecified atom stereocenters. The fourth-order valence-electron chi connectivity index (χ4n) is 3.06. The minimum atomic E-state index is -1.42. The molecule has 33 heavy (non-hydrogen) atoms. The largest absolute Gasteiger partial charge is 0.463 e. The van der Waals surface area contributed by atoms with E-state index in [1.807, 2.05) is 0 Å². The maximum atomic E-state index is 11.8. The Labute approximate surface area is 188 Å². The summed E-state index contributed by atoms with van der Waals surface area (Å²) in [6.45, 7) is 4.05. The highest BCUT2D eigenvalue weighted by Crippen LogP contribution is 2.31. The van der Waals surface area contributed by atoms with Gasteiger partial charge in [0.2, 0.25) is 12.4 Å².